The molecule has 0 amide bonds. The lowest BCUT2D eigenvalue weighted by Gasteiger charge is -2.17. The number of benzene rings is 2. The lowest BCUT2D eigenvalue weighted by atomic mass is 9.98. The van der Waals surface area contributed by atoms with Gasteiger partial charge in [0.2, 0.25) is 0 Å². The summed E-state index contributed by atoms with van der Waals surface area (Å²) in [6.07, 6.45) is 2.94. The Labute approximate surface area is 164 Å². The first-order valence-electron chi connectivity index (χ1n) is 8.45. The van der Waals surface area contributed by atoms with Gasteiger partial charge in [-0.3, -0.25) is 4.57 Å². The highest BCUT2D eigenvalue weighted by Crippen LogP contribution is 2.29. The smallest absolute Gasteiger partial charge is 0.149 e. The van der Waals surface area contributed by atoms with Crippen LogP contribution in [0, 0.1) is 5.82 Å². The molecule has 0 bridgehead atoms. The number of imidazole rings is 1. The van der Waals surface area contributed by atoms with Crippen molar-refractivity contribution in [1.82, 2.24) is 14.5 Å². The number of halogens is 2. The first-order valence-corrected chi connectivity index (χ1v) is 9.24. The molecule has 1 N–H and O–H groups in total. The van der Waals surface area contributed by atoms with E-state index in [2.05, 4.69) is 25.9 Å². The summed E-state index contributed by atoms with van der Waals surface area (Å²) in [5.74, 6) is -0.374. The van der Waals surface area contributed by atoms with Gasteiger partial charge in [-0.05, 0) is 71.2 Å². The quantitative estimate of drug-likeness (QED) is 0.458. The predicted octanol–water partition coefficient (Wildman–Crippen LogP) is 5.22. The number of fused-ring (bicyclic) bond motifs is 1. The highest BCUT2D eigenvalue weighted by atomic mass is 79.9. The Morgan fingerprint density at radius 3 is 2.67 bits per heavy atom. The molecule has 0 radical (unpaired) electrons. The van der Waals surface area contributed by atoms with Gasteiger partial charge in [0.1, 0.15) is 16.7 Å². The van der Waals surface area contributed by atoms with Crippen molar-refractivity contribution in [1.29, 1.82) is 0 Å². The maximum absolute atomic E-state index is 14.2. The molecule has 0 unspecified atom stereocenters. The molecule has 27 heavy (non-hydrogen) atoms. The molecule has 4 aromatic rings. The number of pyridine rings is 1. The van der Waals surface area contributed by atoms with Gasteiger partial charge in [0, 0.05) is 11.3 Å². The van der Waals surface area contributed by atoms with Crippen molar-refractivity contribution in [2.45, 2.75) is 19.4 Å². The molecule has 2 heterocycles. The molecule has 6 heteroatoms. The van der Waals surface area contributed by atoms with Crippen LogP contribution in [0.2, 0.25) is 0 Å². The fourth-order valence-electron chi connectivity index (χ4n) is 3.06. The van der Waals surface area contributed by atoms with Gasteiger partial charge >= 0.3 is 0 Å². The SMILES string of the molecule is CC(C)(O)c1ccc2c(c1)ncn2-c1cccc(-c2cc(Br)ncc2F)c1. The number of hydrogen-bond acceptors (Lipinski definition) is 3. The molecule has 4 rings (SSSR count). The van der Waals surface area contributed by atoms with Crippen molar-refractivity contribution in [2.24, 2.45) is 0 Å². The summed E-state index contributed by atoms with van der Waals surface area (Å²) in [7, 11) is 0. The maximum Gasteiger partial charge on any atom is 0.149 e. The van der Waals surface area contributed by atoms with Crippen LogP contribution in [0.15, 0.2) is 65.7 Å². The van der Waals surface area contributed by atoms with Gasteiger partial charge in [-0.15, -0.1) is 0 Å². The third kappa shape index (κ3) is 3.38. The van der Waals surface area contributed by atoms with E-state index in [1.165, 1.54) is 6.20 Å². The van der Waals surface area contributed by atoms with Crippen molar-refractivity contribution in [2.75, 3.05) is 0 Å². The lowest BCUT2D eigenvalue weighted by Crippen LogP contribution is -2.15. The largest absolute Gasteiger partial charge is 0.386 e. The van der Waals surface area contributed by atoms with Crippen LogP contribution < -0.4 is 0 Å². The molecule has 0 aliphatic heterocycles. The molecule has 136 valence electrons. The average Bonchev–Trinajstić information content (AvgIpc) is 3.06. The lowest BCUT2D eigenvalue weighted by molar-refractivity contribution is 0.0787. The number of rotatable bonds is 3. The van der Waals surface area contributed by atoms with E-state index in [0.29, 0.717) is 10.2 Å². The van der Waals surface area contributed by atoms with E-state index in [0.717, 1.165) is 27.8 Å². The van der Waals surface area contributed by atoms with Crippen molar-refractivity contribution >= 4 is 27.0 Å². The summed E-state index contributed by atoms with van der Waals surface area (Å²) in [6.45, 7) is 3.49. The zero-order valence-corrected chi connectivity index (χ0v) is 16.4. The Balaban J connectivity index is 1.82. The standard InChI is InChI=1S/C21H17BrFN3O/c1-21(2,27)14-6-7-19-18(9-14)25-12-26(19)15-5-3-4-13(8-15)16-10-20(22)24-11-17(16)23/h3-12,27H,1-2H3. The molecule has 0 spiro atoms. The zero-order chi connectivity index (χ0) is 19.2. The van der Waals surface area contributed by atoms with Crippen molar-refractivity contribution in [3.05, 3.63) is 77.0 Å². The van der Waals surface area contributed by atoms with Crippen LogP contribution in [0.3, 0.4) is 0 Å². The fourth-order valence-corrected chi connectivity index (χ4v) is 3.39. The van der Waals surface area contributed by atoms with Gasteiger partial charge in [0.05, 0.1) is 22.8 Å². The second kappa shape index (κ2) is 6.55. The summed E-state index contributed by atoms with van der Waals surface area (Å²) in [5, 5.41) is 10.2. The first-order chi connectivity index (χ1) is 12.8. The van der Waals surface area contributed by atoms with Crippen LogP contribution in [0.25, 0.3) is 27.8 Å². The molecule has 0 atom stereocenters. The van der Waals surface area contributed by atoms with E-state index in [4.69, 9.17) is 0 Å². The predicted molar refractivity (Wildman–Crippen MR) is 107 cm³/mol. The molecule has 2 aromatic heterocycles. The molecule has 4 nitrogen and oxygen atoms in total. The molecule has 0 saturated heterocycles. The third-order valence-corrected chi connectivity index (χ3v) is 4.94. The topological polar surface area (TPSA) is 50.9 Å². The Morgan fingerprint density at radius 2 is 1.89 bits per heavy atom. The third-order valence-electron chi connectivity index (χ3n) is 4.51. The zero-order valence-electron chi connectivity index (χ0n) is 14.8. The highest BCUT2D eigenvalue weighted by Gasteiger charge is 2.17. The van der Waals surface area contributed by atoms with Gasteiger partial charge in [-0.25, -0.2) is 14.4 Å². The molecule has 0 aliphatic rings. The van der Waals surface area contributed by atoms with Gasteiger partial charge in [0.15, 0.2) is 0 Å². The van der Waals surface area contributed by atoms with Crippen LogP contribution >= 0.6 is 15.9 Å². The van der Waals surface area contributed by atoms with Crippen LogP contribution in [0.4, 0.5) is 4.39 Å². The van der Waals surface area contributed by atoms with Crippen LogP contribution in [0.5, 0.6) is 0 Å². The van der Waals surface area contributed by atoms with Gasteiger partial charge in [0.25, 0.3) is 0 Å². The number of hydrogen-bond donors (Lipinski definition) is 1. The minimum atomic E-state index is -0.926. The van der Waals surface area contributed by atoms with E-state index in [9.17, 15) is 9.50 Å². The second-order valence-electron chi connectivity index (χ2n) is 6.91. The van der Waals surface area contributed by atoms with Crippen molar-refractivity contribution in [3.8, 4) is 16.8 Å². The molecule has 0 aliphatic carbocycles. The summed E-state index contributed by atoms with van der Waals surface area (Å²) >= 11 is 3.29. The molecular weight excluding hydrogens is 409 g/mol. The van der Waals surface area contributed by atoms with E-state index < -0.39 is 5.60 Å². The first kappa shape index (κ1) is 17.8. The average molecular weight is 426 g/mol. The summed E-state index contributed by atoms with van der Waals surface area (Å²) < 4.78 is 16.7. The minimum Gasteiger partial charge on any atom is -0.386 e. The molecule has 2 aromatic carbocycles. The van der Waals surface area contributed by atoms with E-state index >= 15 is 0 Å². The van der Waals surface area contributed by atoms with Crippen LogP contribution in [-0.2, 0) is 5.60 Å². The minimum absolute atomic E-state index is 0.374. The molecule has 0 fully saturated rings. The number of aliphatic hydroxyl groups is 1. The van der Waals surface area contributed by atoms with E-state index in [1.807, 2.05) is 47.0 Å². The normalized spacial score (nSPS) is 11.9. The highest BCUT2D eigenvalue weighted by molar-refractivity contribution is 9.10. The Bertz CT molecular complexity index is 1150. The number of nitrogens with zero attached hydrogens (tertiary/aromatic N) is 3. The number of aromatic nitrogens is 3. The summed E-state index contributed by atoms with van der Waals surface area (Å²) in [5.41, 5.74) is 3.69. The summed E-state index contributed by atoms with van der Waals surface area (Å²) in [4.78, 5) is 8.38. The monoisotopic (exact) mass is 425 g/mol. The van der Waals surface area contributed by atoms with E-state index in [-0.39, 0.29) is 5.82 Å². The van der Waals surface area contributed by atoms with Crippen molar-refractivity contribution < 1.29 is 9.50 Å². The Kier molecular flexibility index (Phi) is 4.32. The summed E-state index contributed by atoms with van der Waals surface area (Å²) in [6, 6.07) is 15.0. The Hall–Kier alpha value is -2.57. The van der Waals surface area contributed by atoms with Crippen LogP contribution in [-0.4, -0.2) is 19.6 Å². The van der Waals surface area contributed by atoms with Gasteiger partial charge in [-0.2, -0.15) is 0 Å². The maximum atomic E-state index is 14.2. The molecular formula is C21H17BrFN3O. The molecule has 0 saturated carbocycles. The van der Waals surface area contributed by atoms with Gasteiger partial charge < -0.3 is 5.11 Å². The second-order valence-corrected chi connectivity index (χ2v) is 7.73. The van der Waals surface area contributed by atoms with E-state index in [1.54, 1.807) is 26.2 Å². The Morgan fingerprint density at radius 1 is 1.07 bits per heavy atom. The van der Waals surface area contributed by atoms with Crippen molar-refractivity contribution in [3.63, 3.8) is 0 Å². The van der Waals surface area contributed by atoms with Gasteiger partial charge in [-0.1, -0.05) is 18.2 Å². The fraction of sp³-hybridized carbons (Fsp3) is 0.143. The van der Waals surface area contributed by atoms with Crippen LogP contribution in [0.1, 0.15) is 19.4 Å².